The van der Waals surface area contributed by atoms with E-state index in [1.807, 2.05) is 26.8 Å². The molecule has 0 radical (unpaired) electrons. The second-order valence-corrected chi connectivity index (χ2v) is 8.07. The molecule has 0 fully saturated rings. The maximum absolute atomic E-state index is 12.4. The number of thiazole rings is 1. The highest BCUT2D eigenvalue weighted by molar-refractivity contribution is 7.89. The Morgan fingerprint density at radius 2 is 2.00 bits per heavy atom. The fraction of sp³-hybridized carbons (Fsp3) is 0.400. The molecule has 1 N–H and O–H groups in total. The van der Waals surface area contributed by atoms with Crippen molar-refractivity contribution in [2.75, 3.05) is 13.7 Å². The lowest BCUT2D eigenvalue weighted by Crippen LogP contribution is -2.26. The van der Waals surface area contributed by atoms with E-state index in [2.05, 4.69) is 9.71 Å². The Bertz CT molecular complexity index is 748. The predicted octanol–water partition coefficient (Wildman–Crippen LogP) is 2.60. The first-order chi connectivity index (χ1) is 10.3. The van der Waals surface area contributed by atoms with Gasteiger partial charge in [0.1, 0.15) is 10.6 Å². The summed E-state index contributed by atoms with van der Waals surface area (Å²) in [6.45, 7) is 6.13. The molecule has 0 atom stereocenters. The van der Waals surface area contributed by atoms with Crippen molar-refractivity contribution >= 4 is 21.4 Å². The summed E-state index contributed by atoms with van der Waals surface area (Å²) in [5.41, 5.74) is 1.87. The molecule has 1 heterocycles. The summed E-state index contributed by atoms with van der Waals surface area (Å²) in [6.07, 6.45) is 0.576. The van der Waals surface area contributed by atoms with Crippen LogP contribution in [-0.4, -0.2) is 27.1 Å². The number of nitrogens with one attached hydrogen (secondary N) is 1. The van der Waals surface area contributed by atoms with Gasteiger partial charge in [0.25, 0.3) is 0 Å². The number of benzene rings is 1. The molecule has 0 aliphatic carbocycles. The van der Waals surface area contributed by atoms with Crippen molar-refractivity contribution in [3.05, 3.63) is 39.3 Å². The third-order valence-electron chi connectivity index (χ3n) is 3.31. The van der Waals surface area contributed by atoms with E-state index in [1.165, 1.54) is 12.0 Å². The lowest BCUT2D eigenvalue weighted by atomic mass is 10.2. The molecule has 0 unspecified atom stereocenters. The van der Waals surface area contributed by atoms with Crippen LogP contribution < -0.4 is 9.46 Å². The van der Waals surface area contributed by atoms with Crippen molar-refractivity contribution in [2.45, 2.75) is 32.1 Å². The summed E-state index contributed by atoms with van der Waals surface area (Å²) < 4.78 is 32.6. The van der Waals surface area contributed by atoms with Gasteiger partial charge in [-0.05, 0) is 38.5 Å². The molecule has 0 aliphatic heterocycles. The topological polar surface area (TPSA) is 68.3 Å². The lowest BCUT2D eigenvalue weighted by Gasteiger charge is -2.11. The van der Waals surface area contributed by atoms with E-state index in [9.17, 15) is 8.42 Å². The fourth-order valence-corrected chi connectivity index (χ4v) is 4.23. The Hall–Kier alpha value is -1.44. The highest BCUT2D eigenvalue weighted by Crippen LogP contribution is 2.24. The second-order valence-electron chi connectivity index (χ2n) is 5.05. The van der Waals surface area contributed by atoms with Crippen LogP contribution in [0.2, 0.25) is 0 Å². The van der Waals surface area contributed by atoms with E-state index in [0.717, 1.165) is 16.3 Å². The molecule has 0 amide bonds. The Morgan fingerprint density at radius 1 is 1.27 bits per heavy atom. The van der Waals surface area contributed by atoms with Crippen LogP contribution in [0, 0.1) is 20.8 Å². The SMILES string of the molecule is COc1ccc(C)cc1S(=O)(=O)NCCc1nc(C)c(C)s1. The van der Waals surface area contributed by atoms with E-state index in [-0.39, 0.29) is 4.90 Å². The Labute approximate surface area is 135 Å². The minimum Gasteiger partial charge on any atom is -0.495 e. The molecule has 0 spiro atoms. The molecule has 0 saturated carbocycles. The number of aryl methyl sites for hydroxylation is 3. The fourth-order valence-electron chi connectivity index (χ4n) is 2.01. The standard InChI is InChI=1S/C15H20N2O3S2/c1-10-5-6-13(20-4)14(9-10)22(18,19)16-8-7-15-17-11(2)12(3)21-15/h5-6,9,16H,7-8H2,1-4H3. The van der Waals surface area contributed by atoms with Gasteiger partial charge in [-0.15, -0.1) is 11.3 Å². The van der Waals surface area contributed by atoms with Crippen molar-refractivity contribution in [3.63, 3.8) is 0 Å². The first kappa shape index (κ1) is 16.9. The van der Waals surface area contributed by atoms with Crippen LogP contribution in [0.15, 0.2) is 23.1 Å². The summed E-state index contributed by atoms with van der Waals surface area (Å²) in [4.78, 5) is 5.74. The highest BCUT2D eigenvalue weighted by Gasteiger charge is 2.19. The van der Waals surface area contributed by atoms with Crippen LogP contribution in [0.1, 0.15) is 21.1 Å². The van der Waals surface area contributed by atoms with Crippen LogP contribution >= 0.6 is 11.3 Å². The maximum atomic E-state index is 12.4. The van der Waals surface area contributed by atoms with E-state index in [0.29, 0.717) is 18.7 Å². The molecule has 0 aliphatic rings. The molecule has 0 bridgehead atoms. The zero-order valence-corrected chi connectivity index (χ0v) is 14.8. The summed E-state index contributed by atoms with van der Waals surface area (Å²) in [6, 6.07) is 5.09. The smallest absolute Gasteiger partial charge is 0.244 e. The van der Waals surface area contributed by atoms with Gasteiger partial charge in [0.2, 0.25) is 10.0 Å². The quantitative estimate of drug-likeness (QED) is 0.878. The van der Waals surface area contributed by atoms with E-state index in [4.69, 9.17) is 4.74 Å². The van der Waals surface area contributed by atoms with Crippen molar-refractivity contribution in [1.29, 1.82) is 0 Å². The first-order valence-electron chi connectivity index (χ1n) is 6.90. The number of aromatic nitrogens is 1. The molecular formula is C15H20N2O3S2. The van der Waals surface area contributed by atoms with Gasteiger partial charge in [-0.3, -0.25) is 0 Å². The number of hydrogen-bond donors (Lipinski definition) is 1. The second kappa shape index (κ2) is 6.76. The van der Waals surface area contributed by atoms with Crippen molar-refractivity contribution in [3.8, 4) is 5.75 Å². The Balaban J connectivity index is 2.09. The molecule has 120 valence electrons. The number of hydrogen-bond acceptors (Lipinski definition) is 5. The van der Waals surface area contributed by atoms with Crippen molar-refractivity contribution < 1.29 is 13.2 Å². The zero-order valence-electron chi connectivity index (χ0n) is 13.1. The summed E-state index contributed by atoms with van der Waals surface area (Å²) >= 11 is 1.60. The third-order valence-corrected chi connectivity index (χ3v) is 5.93. The predicted molar refractivity (Wildman–Crippen MR) is 88.2 cm³/mol. The highest BCUT2D eigenvalue weighted by atomic mass is 32.2. The van der Waals surface area contributed by atoms with E-state index >= 15 is 0 Å². The normalized spacial score (nSPS) is 11.6. The molecule has 1 aromatic carbocycles. The largest absolute Gasteiger partial charge is 0.495 e. The number of rotatable bonds is 6. The Morgan fingerprint density at radius 3 is 2.59 bits per heavy atom. The number of nitrogens with zero attached hydrogens (tertiary/aromatic N) is 1. The van der Waals surface area contributed by atoms with Gasteiger partial charge in [-0.2, -0.15) is 0 Å². The minimum atomic E-state index is -3.60. The molecule has 1 aromatic heterocycles. The Kier molecular flexibility index (Phi) is 5.20. The maximum Gasteiger partial charge on any atom is 0.244 e. The van der Waals surface area contributed by atoms with Crippen molar-refractivity contribution in [2.24, 2.45) is 0 Å². The van der Waals surface area contributed by atoms with Gasteiger partial charge in [-0.25, -0.2) is 18.1 Å². The van der Waals surface area contributed by atoms with E-state index < -0.39 is 10.0 Å². The van der Waals surface area contributed by atoms with Crippen LogP contribution in [0.3, 0.4) is 0 Å². The number of ether oxygens (including phenoxy) is 1. The minimum absolute atomic E-state index is 0.168. The molecule has 2 aromatic rings. The number of methoxy groups -OCH3 is 1. The molecule has 2 rings (SSSR count). The average molecular weight is 340 g/mol. The van der Waals surface area contributed by atoms with Gasteiger partial charge in [-0.1, -0.05) is 6.07 Å². The van der Waals surface area contributed by atoms with Crippen LogP contribution in [0.4, 0.5) is 0 Å². The molecule has 0 saturated heterocycles. The van der Waals surface area contributed by atoms with Crippen molar-refractivity contribution in [1.82, 2.24) is 9.71 Å². The van der Waals surface area contributed by atoms with E-state index in [1.54, 1.807) is 23.5 Å². The summed E-state index contributed by atoms with van der Waals surface area (Å²) in [5, 5.41) is 0.939. The van der Waals surface area contributed by atoms with Gasteiger partial charge in [0, 0.05) is 17.8 Å². The third kappa shape index (κ3) is 3.85. The first-order valence-corrected chi connectivity index (χ1v) is 9.20. The molecule has 22 heavy (non-hydrogen) atoms. The summed E-state index contributed by atoms with van der Waals surface area (Å²) in [7, 11) is -2.13. The van der Waals surface area contributed by atoms with Gasteiger partial charge in [0.15, 0.2) is 0 Å². The zero-order chi connectivity index (χ0) is 16.3. The molecular weight excluding hydrogens is 320 g/mol. The van der Waals surface area contributed by atoms with Crippen LogP contribution in [-0.2, 0) is 16.4 Å². The average Bonchev–Trinajstić information content (AvgIpc) is 2.77. The van der Waals surface area contributed by atoms with Gasteiger partial charge >= 0.3 is 0 Å². The van der Waals surface area contributed by atoms with Gasteiger partial charge in [0.05, 0.1) is 17.8 Å². The van der Waals surface area contributed by atoms with Crippen LogP contribution in [0.25, 0.3) is 0 Å². The monoisotopic (exact) mass is 340 g/mol. The van der Waals surface area contributed by atoms with Gasteiger partial charge < -0.3 is 4.74 Å². The number of sulfonamides is 1. The lowest BCUT2D eigenvalue weighted by molar-refractivity contribution is 0.402. The van der Waals surface area contributed by atoms with Crippen LogP contribution in [0.5, 0.6) is 5.75 Å². The summed E-state index contributed by atoms with van der Waals surface area (Å²) in [5.74, 6) is 0.346. The molecule has 7 heteroatoms. The molecule has 5 nitrogen and oxygen atoms in total.